The van der Waals surface area contributed by atoms with Crippen molar-refractivity contribution < 1.29 is 22.4 Å². The van der Waals surface area contributed by atoms with Crippen LogP contribution in [0.2, 0.25) is 0 Å². The first-order chi connectivity index (χ1) is 19.0. The molecule has 0 aliphatic rings. The topological polar surface area (TPSA) is 86.8 Å². The molecule has 214 valence electrons. The quantitative estimate of drug-likeness (QED) is 0.319. The lowest BCUT2D eigenvalue weighted by atomic mass is 10.1. The van der Waals surface area contributed by atoms with Crippen LogP contribution in [-0.4, -0.2) is 43.8 Å². The van der Waals surface area contributed by atoms with Gasteiger partial charge in [0.2, 0.25) is 11.8 Å². The summed E-state index contributed by atoms with van der Waals surface area (Å²) in [6.45, 7) is 8.99. The maximum atomic E-state index is 14.1. The van der Waals surface area contributed by atoms with E-state index in [0.29, 0.717) is 6.42 Å². The van der Waals surface area contributed by atoms with Gasteiger partial charge in [0.15, 0.2) is 0 Å². The van der Waals surface area contributed by atoms with E-state index in [1.54, 1.807) is 12.1 Å². The summed E-state index contributed by atoms with van der Waals surface area (Å²) in [4.78, 5) is 28.8. The lowest BCUT2D eigenvalue weighted by Crippen LogP contribution is -2.53. The lowest BCUT2D eigenvalue weighted by Gasteiger charge is -2.34. The minimum atomic E-state index is -4.21. The van der Waals surface area contributed by atoms with E-state index in [1.807, 2.05) is 58.9 Å². The molecule has 0 heterocycles. The smallest absolute Gasteiger partial charge is 0.264 e. The third-order valence-corrected chi connectivity index (χ3v) is 8.78. The highest BCUT2D eigenvalue weighted by Crippen LogP contribution is 2.26. The Morgan fingerprint density at radius 3 is 2.10 bits per heavy atom. The van der Waals surface area contributed by atoms with Crippen LogP contribution in [0, 0.1) is 19.7 Å². The van der Waals surface area contributed by atoms with E-state index >= 15 is 0 Å². The molecule has 40 heavy (non-hydrogen) atoms. The van der Waals surface area contributed by atoms with Crippen molar-refractivity contribution in [2.45, 2.75) is 71.0 Å². The molecule has 0 aliphatic heterocycles. The second kappa shape index (κ2) is 13.6. The number of anilines is 1. The molecule has 9 heteroatoms. The molecular formula is C31H38FN3O4S. The van der Waals surface area contributed by atoms with Crippen molar-refractivity contribution in [2.75, 3.05) is 10.8 Å². The highest BCUT2D eigenvalue weighted by atomic mass is 32.2. The molecule has 2 atom stereocenters. The molecule has 0 saturated heterocycles. The summed E-state index contributed by atoms with van der Waals surface area (Å²) in [6, 6.07) is 17.9. The number of nitrogens with zero attached hydrogens (tertiary/aromatic N) is 2. The van der Waals surface area contributed by atoms with Gasteiger partial charge in [0.25, 0.3) is 10.0 Å². The Kier molecular flexibility index (Phi) is 10.5. The largest absolute Gasteiger partial charge is 0.352 e. The molecule has 0 aliphatic carbocycles. The van der Waals surface area contributed by atoms with Crippen molar-refractivity contribution in [2.24, 2.45) is 0 Å². The number of rotatable bonds is 12. The van der Waals surface area contributed by atoms with Crippen molar-refractivity contribution >= 4 is 27.5 Å². The van der Waals surface area contributed by atoms with Crippen LogP contribution in [-0.2, 0) is 26.2 Å². The van der Waals surface area contributed by atoms with Crippen LogP contribution >= 0.6 is 0 Å². The maximum Gasteiger partial charge on any atom is 0.264 e. The van der Waals surface area contributed by atoms with Gasteiger partial charge in [0.1, 0.15) is 18.4 Å². The van der Waals surface area contributed by atoms with Gasteiger partial charge in [0, 0.05) is 12.6 Å². The number of halogens is 1. The molecule has 0 fully saturated rings. The number of amides is 2. The van der Waals surface area contributed by atoms with E-state index in [9.17, 15) is 22.4 Å². The summed E-state index contributed by atoms with van der Waals surface area (Å²) in [6.07, 6.45) is 1.06. The van der Waals surface area contributed by atoms with Gasteiger partial charge in [-0.25, -0.2) is 12.8 Å². The summed E-state index contributed by atoms with van der Waals surface area (Å²) in [5.74, 6) is -1.38. The number of carbonyl (C=O) groups is 2. The van der Waals surface area contributed by atoms with Gasteiger partial charge in [-0.2, -0.15) is 0 Å². The molecule has 0 unspecified atom stereocenters. The fraction of sp³-hybridized carbons (Fsp3) is 0.355. The summed E-state index contributed by atoms with van der Waals surface area (Å²) >= 11 is 0. The molecule has 3 rings (SSSR count). The summed E-state index contributed by atoms with van der Waals surface area (Å²) in [5.41, 5.74) is 2.81. The number of carbonyl (C=O) groups excluding carboxylic acids is 2. The van der Waals surface area contributed by atoms with E-state index in [2.05, 4.69) is 5.32 Å². The van der Waals surface area contributed by atoms with Crippen molar-refractivity contribution in [3.63, 3.8) is 0 Å². The molecular weight excluding hydrogens is 529 g/mol. The van der Waals surface area contributed by atoms with Crippen LogP contribution in [0.15, 0.2) is 77.7 Å². The van der Waals surface area contributed by atoms with Crippen molar-refractivity contribution in [3.8, 4) is 0 Å². The molecule has 0 bridgehead atoms. The molecule has 2 amide bonds. The Bertz CT molecular complexity index is 1410. The molecule has 0 spiro atoms. The zero-order valence-corrected chi connectivity index (χ0v) is 24.5. The average molecular weight is 568 g/mol. The summed E-state index contributed by atoms with van der Waals surface area (Å²) in [7, 11) is -4.21. The van der Waals surface area contributed by atoms with Crippen molar-refractivity contribution in [1.82, 2.24) is 10.2 Å². The van der Waals surface area contributed by atoms with Crippen LogP contribution in [0.5, 0.6) is 0 Å². The molecule has 3 aromatic carbocycles. The normalized spacial score (nSPS) is 12.8. The average Bonchev–Trinajstić information content (AvgIpc) is 2.93. The SMILES string of the molecule is CC[C@H](C)NC(=O)[C@H](CC)N(Cc1ccccc1C)C(=O)CN(c1ccc(F)cc1)S(=O)(=O)c1ccc(C)cc1. The Balaban J connectivity index is 2.06. The van der Waals surface area contributed by atoms with Crippen LogP contribution in [0.25, 0.3) is 0 Å². The van der Waals surface area contributed by atoms with Gasteiger partial charge in [-0.15, -0.1) is 0 Å². The van der Waals surface area contributed by atoms with Gasteiger partial charge in [-0.1, -0.05) is 55.8 Å². The first-order valence-electron chi connectivity index (χ1n) is 13.5. The van der Waals surface area contributed by atoms with E-state index < -0.39 is 34.3 Å². The van der Waals surface area contributed by atoms with Gasteiger partial charge >= 0.3 is 0 Å². The molecule has 0 aromatic heterocycles. The number of sulfonamides is 1. The zero-order valence-electron chi connectivity index (χ0n) is 23.7. The number of benzene rings is 3. The van der Waals surface area contributed by atoms with E-state index in [1.165, 1.54) is 29.2 Å². The van der Waals surface area contributed by atoms with E-state index in [0.717, 1.165) is 39.5 Å². The Hall–Kier alpha value is -3.72. The summed E-state index contributed by atoms with van der Waals surface area (Å²) < 4.78 is 42.4. The highest BCUT2D eigenvalue weighted by molar-refractivity contribution is 7.92. The molecule has 3 aromatic rings. The molecule has 1 N–H and O–H groups in total. The van der Waals surface area contributed by atoms with Gasteiger partial charge < -0.3 is 10.2 Å². The predicted molar refractivity (Wildman–Crippen MR) is 156 cm³/mol. The summed E-state index contributed by atoms with van der Waals surface area (Å²) in [5, 5.41) is 2.96. The monoisotopic (exact) mass is 567 g/mol. The molecule has 0 saturated carbocycles. The zero-order chi connectivity index (χ0) is 29.4. The third kappa shape index (κ3) is 7.47. The molecule has 7 nitrogen and oxygen atoms in total. The Morgan fingerprint density at radius 1 is 0.900 bits per heavy atom. The number of nitrogens with one attached hydrogen (secondary N) is 1. The lowest BCUT2D eigenvalue weighted by molar-refractivity contribution is -0.140. The fourth-order valence-corrected chi connectivity index (χ4v) is 5.72. The van der Waals surface area contributed by atoms with Crippen LogP contribution < -0.4 is 9.62 Å². The van der Waals surface area contributed by atoms with Gasteiger partial charge in [0.05, 0.1) is 10.6 Å². The predicted octanol–water partition coefficient (Wildman–Crippen LogP) is 5.36. The first-order valence-corrected chi connectivity index (χ1v) is 14.9. The van der Waals surface area contributed by atoms with E-state index in [-0.39, 0.29) is 29.1 Å². The number of aryl methyl sites for hydroxylation is 2. The van der Waals surface area contributed by atoms with Crippen molar-refractivity contribution in [3.05, 3.63) is 95.3 Å². The Morgan fingerprint density at radius 2 is 1.52 bits per heavy atom. The third-order valence-electron chi connectivity index (χ3n) is 6.99. The minimum absolute atomic E-state index is 0.00207. The van der Waals surface area contributed by atoms with Crippen molar-refractivity contribution in [1.29, 1.82) is 0 Å². The standard InChI is InChI=1S/C31H38FN3O4S/c1-6-24(5)33-31(37)29(7-2)34(20-25-11-9-8-10-23(25)4)30(36)21-35(27-16-14-26(32)15-17-27)40(38,39)28-18-12-22(3)13-19-28/h8-19,24,29H,6-7,20-21H2,1-5H3,(H,33,37)/t24-,29-/m0/s1. The molecule has 0 radical (unpaired) electrons. The Labute approximate surface area is 237 Å². The van der Waals surface area contributed by atoms with Gasteiger partial charge in [-0.3, -0.25) is 13.9 Å². The van der Waals surface area contributed by atoms with Crippen LogP contribution in [0.3, 0.4) is 0 Å². The number of hydrogen-bond acceptors (Lipinski definition) is 4. The fourth-order valence-electron chi connectivity index (χ4n) is 4.31. The second-order valence-corrected chi connectivity index (χ2v) is 11.9. The maximum absolute atomic E-state index is 14.1. The highest BCUT2D eigenvalue weighted by Gasteiger charge is 2.34. The minimum Gasteiger partial charge on any atom is -0.352 e. The van der Waals surface area contributed by atoms with Crippen LogP contribution in [0.4, 0.5) is 10.1 Å². The second-order valence-electron chi connectivity index (χ2n) is 9.99. The first kappa shape index (κ1) is 30.8. The van der Waals surface area contributed by atoms with Crippen LogP contribution in [0.1, 0.15) is 50.3 Å². The van der Waals surface area contributed by atoms with Gasteiger partial charge in [-0.05, 0) is 81.1 Å². The number of hydrogen-bond donors (Lipinski definition) is 1. The van der Waals surface area contributed by atoms with E-state index in [4.69, 9.17) is 0 Å².